The minimum atomic E-state index is -4.60. The molecule has 0 aromatic heterocycles. The van der Waals surface area contributed by atoms with Gasteiger partial charge >= 0.3 is 6.18 Å². The molecule has 8 heteroatoms. The maximum absolute atomic E-state index is 13.1. The van der Waals surface area contributed by atoms with E-state index >= 15 is 0 Å². The molecule has 0 bridgehead atoms. The number of hydrogen-bond acceptors (Lipinski definition) is 3. The molecule has 156 valence electrons. The van der Waals surface area contributed by atoms with Gasteiger partial charge in [-0.05, 0) is 38.1 Å². The van der Waals surface area contributed by atoms with Crippen LogP contribution in [0.1, 0.15) is 27.0 Å². The Hall–Kier alpha value is -2.87. The van der Waals surface area contributed by atoms with Gasteiger partial charge in [-0.25, -0.2) is 0 Å². The number of benzene rings is 2. The van der Waals surface area contributed by atoms with E-state index in [4.69, 9.17) is 4.74 Å². The highest BCUT2D eigenvalue weighted by Crippen LogP contribution is 2.34. The molecule has 1 N–H and O–H groups in total. The fourth-order valence-electron chi connectivity index (χ4n) is 2.94. The molecule has 0 unspecified atom stereocenters. The molecule has 0 radical (unpaired) electrons. The third-order valence-corrected chi connectivity index (χ3v) is 4.16. The zero-order chi connectivity index (χ0) is 21.6. The molecule has 0 saturated carbocycles. The summed E-state index contributed by atoms with van der Waals surface area (Å²) in [5.41, 5.74) is 0.891. The SMILES string of the molecule is COCCN(CC(=O)Nc1ccccc1C(F)(F)F)C(=O)c1cc(C)cc(C)c1. The predicted octanol–water partition coefficient (Wildman–Crippen LogP) is 4.05. The summed E-state index contributed by atoms with van der Waals surface area (Å²) in [6, 6.07) is 10.0. The first-order valence-corrected chi connectivity index (χ1v) is 8.94. The van der Waals surface area contributed by atoms with Crippen LogP contribution in [-0.4, -0.2) is 43.5 Å². The second-order valence-electron chi connectivity index (χ2n) is 6.69. The van der Waals surface area contributed by atoms with Crippen LogP contribution in [0, 0.1) is 13.8 Å². The van der Waals surface area contributed by atoms with E-state index in [2.05, 4.69) is 5.32 Å². The number of rotatable bonds is 7. The number of alkyl halides is 3. The van der Waals surface area contributed by atoms with E-state index in [1.807, 2.05) is 19.9 Å². The first kappa shape index (κ1) is 22.4. The number of methoxy groups -OCH3 is 1. The number of halogens is 3. The average molecular weight is 408 g/mol. The van der Waals surface area contributed by atoms with Crippen molar-refractivity contribution in [1.82, 2.24) is 4.90 Å². The molecule has 0 heterocycles. The summed E-state index contributed by atoms with van der Waals surface area (Å²) in [7, 11) is 1.46. The molecule has 0 fully saturated rings. The van der Waals surface area contributed by atoms with Crippen molar-refractivity contribution in [3.05, 3.63) is 64.7 Å². The summed E-state index contributed by atoms with van der Waals surface area (Å²) in [5.74, 6) is -1.12. The molecule has 0 atom stereocenters. The molecule has 2 aromatic rings. The second-order valence-corrected chi connectivity index (χ2v) is 6.69. The van der Waals surface area contributed by atoms with Crippen LogP contribution in [0.4, 0.5) is 18.9 Å². The van der Waals surface area contributed by atoms with E-state index in [1.165, 1.54) is 30.2 Å². The van der Waals surface area contributed by atoms with Crippen molar-refractivity contribution in [2.24, 2.45) is 0 Å². The van der Waals surface area contributed by atoms with Gasteiger partial charge in [0.25, 0.3) is 5.91 Å². The standard InChI is InChI=1S/C21H23F3N2O3/c1-14-10-15(2)12-16(11-14)20(28)26(8-9-29-3)13-19(27)25-18-7-5-4-6-17(18)21(22,23)24/h4-7,10-12H,8-9,13H2,1-3H3,(H,25,27). The maximum Gasteiger partial charge on any atom is 0.418 e. The fraction of sp³-hybridized carbons (Fsp3) is 0.333. The summed E-state index contributed by atoms with van der Waals surface area (Å²) in [5, 5.41) is 2.26. The number of aryl methyl sites for hydroxylation is 2. The molecule has 2 rings (SSSR count). The van der Waals surface area contributed by atoms with E-state index in [0.29, 0.717) is 5.56 Å². The minimum absolute atomic E-state index is 0.122. The van der Waals surface area contributed by atoms with Crippen molar-refractivity contribution in [2.75, 3.05) is 32.1 Å². The Morgan fingerprint density at radius 3 is 2.28 bits per heavy atom. The molecular weight excluding hydrogens is 385 g/mol. The number of para-hydroxylation sites is 1. The quantitative estimate of drug-likeness (QED) is 0.752. The normalized spacial score (nSPS) is 11.2. The van der Waals surface area contributed by atoms with Gasteiger partial charge < -0.3 is 15.0 Å². The van der Waals surface area contributed by atoms with Crippen LogP contribution in [0.3, 0.4) is 0 Å². The molecule has 2 amide bonds. The van der Waals surface area contributed by atoms with E-state index < -0.39 is 30.1 Å². The number of ether oxygens (including phenoxy) is 1. The van der Waals surface area contributed by atoms with Crippen molar-refractivity contribution < 1.29 is 27.5 Å². The number of nitrogens with zero attached hydrogens (tertiary/aromatic N) is 1. The first-order valence-electron chi connectivity index (χ1n) is 8.94. The topological polar surface area (TPSA) is 58.6 Å². The molecule has 0 aliphatic rings. The monoisotopic (exact) mass is 408 g/mol. The van der Waals surface area contributed by atoms with Crippen molar-refractivity contribution in [3.63, 3.8) is 0 Å². The lowest BCUT2D eigenvalue weighted by atomic mass is 10.1. The second kappa shape index (κ2) is 9.56. The van der Waals surface area contributed by atoms with Crippen LogP contribution in [0.5, 0.6) is 0 Å². The van der Waals surface area contributed by atoms with Crippen molar-refractivity contribution in [2.45, 2.75) is 20.0 Å². The van der Waals surface area contributed by atoms with Crippen LogP contribution in [-0.2, 0) is 15.7 Å². The Bertz CT molecular complexity index is 861. The molecule has 0 aliphatic heterocycles. The van der Waals surface area contributed by atoms with E-state index in [-0.39, 0.29) is 18.8 Å². The summed E-state index contributed by atoms with van der Waals surface area (Å²) >= 11 is 0. The number of amides is 2. The van der Waals surface area contributed by atoms with Gasteiger partial charge in [0, 0.05) is 19.2 Å². The van der Waals surface area contributed by atoms with Gasteiger partial charge in [0.15, 0.2) is 0 Å². The van der Waals surface area contributed by atoms with E-state index in [0.717, 1.165) is 17.2 Å². The lowest BCUT2D eigenvalue weighted by molar-refractivity contribution is -0.137. The zero-order valence-corrected chi connectivity index (χ0v) is 16.5. The highest BCUT2D eigenvalue weighted by atomic mass is 19.4. The lowest BCUT2D eigenvalue weighted by Crippen LogP contribution is -2.40. The molecule has 29 heavy (non-hydrogen) atoms. The summed E-state index contributed by atoms with van der Waals surface area (Å²) < 4.78 is 44.4. The van der Waals surface area contributed by atoms with E-state index in [9.17, 15) is 22.8 Å². The van der Waals surface area contributed by atoms with Crippen molar-refractivity contribution in [3.8, 4) is 0 Å². The van der Waals surface area contributed by atoms with Gasteiger partial charge in [-0.2, -0.15) is 13.2 Å². The van der Waals surface area contributed by atoms with Crippen molar-refractivity contribution in [1.29, 1.82) is 0 Å². The lowest BCUT2D eigenvalue weighted by Gasteiger charge is -2.23. The number of carbonyl (C=O) groups excluding carboxylic acids is 2. The Morgan fingerprint density at radius 2 is 1.69 bits per heavy atom. The Balaban J connectivity index is 2.20. The van der Waals surface area contributed by atoms with Crippen LogP contribution < -0.4 is 5.32 Å². The molecule has 5 nitrogen and oxygen atoms in total. The highest BCUT2D eigenvalue weighted by Gasteiger charge is 2.33. The minimum Gasteiger partial charge on any atom is -0.383 e. The van der Waals surface area contributed by atoms with Gasteiger partial charge in [-0.15, -0.1) is 0 Å². The maximum atomic E-state index is 13.1. The third-order valence-electron chi connectivity index (χ3n) is 4.16. The Morgan fingerprint density at radius 1 is 1.07 bits per heavy atom. The Kier molecular flexibility index (Phi) is 7.39. The molecular formula is C21H23F3N2O3. The number of hydrogen-bond donors (Lipinski definition) is 1. The Labute approximate surface area is 167 Å². The zero-order valence-electron chi connectivity index (χ0n) is 16.5. The largest absolute Gasteiger partial charge is 0.418 e. The van der Waals surface area contributed by atoms with E-state index in [1.54, 1.807) is 12.1 Å². The third kappa shape index (κ3) is 6.32. The molecule has 2 aromatic carbocycles. The van der Waals surface area contributed by atoms with Gasteiger partial charge in [0.1, 0.15) is 6.54 Å². The van der Waals surface area contributed by atoms with Crippen LogP contribution >= 0.6 is 0 Å². The number of carbonyl (C=O) groups is 2. The average Bonchev–Trinajstić information content (AvgIpc) is 2.63. The summed E-state index contributed by atoms with van der Waals surface area (Å²) in [4.78, 5) is 26.6. The molecule has 0 spiro atoms. The van der Waals surface area contributed by atoms with Crippen LogP contribution in [0.25, 0.3) is 0 Å². The molecule has 0 aliphatic carbocycles. The summed E-state index contributed by atoms with van der Waals surface area (Å²) in [6.45, 7) is 3.61. The van der Waals surface area contributed by atoms with Gasteiger partial charge in [-0.1, -0.05) is 29.3 Å². The smallest absolute Gasteiger partial charge is 0.383 e. The van der Waals surface area contributed by atoms with Crippen LogP contribution in [0.15, 0.2) is 42.5 Å². The first-order chi connectivity index (χ1) is 13.6. The summed E-state index contributed by atoms with van der Waals surface area (Å²) in [6.07, 6.45) is -4.60. The fourth-order valence-corrected chi connectivity index (χ4v) is 2.94. The van der Waals surface area contributed by atoms with Gasteiger partial charge in [0.05, 0.1) is 17.9 Å². The van der Waals surface area contributed by atoms with Crippen molar-refractivity contribution >= 4 is 17.5 Å². The highest BCUT2D eigenvalue weighted by molar-refractivity contribution is 5.99. The number of anilines is 1. The van der Waals surface area contributed by atoms with Crippen LogP contribution in [0.2, 0.25) is 0 Å². The number of nitrogens with one attached hydrogen (secondary N) is 1. The van der Waals surface area contributed by atoms with Gasteiger partial charge in [0.2, 0.25) is 5.91 Å². The van der Waals surface area contributed by atoms with Gasteiger partial charge in [-0.3, -0.25) is 9.59 Å². The molecule has 0 saturated heterocycles. The predicted molar refractivity (Wildman–Crippen MR) is 104 cm³/mol.